The van der Waals surface area contributed by atoms with E-state index in [0.29, 0.717) is 5.92 Å². The van der Waals surface area contributed by atoms with Crippen molar-refractivity contribution < 1.29 is 0 Å². The smallest absolute Gasteiger partial charge is 0.00553 e. The molecule has 0 saturated heterocycles. The summed E-state index contributed by atoms with van der Waals surface area (Å²) in [6.07, 6.45) is 12.3. The number of rotatable bonds is 2. The lowest BCUT2D eigenvalue weighted by Gasteiger charge is -2.25. The molecule has 0 radical (unpaired) electrons. The van der Waals surface area contributed by atoms with Crippen LogP contribution in [0.2, 0.25) is 0 Å². The Labute approximate surface area is 133 Å². The molecule has 2 aromatic carbocycles. The van der Waals surface area contributed by atoms with Gasteiger partial charge in [0.1, 0.15) is 0 Å². The number of fused-ring (bicyclic) bond motifs is 2. The molecule has 0 nitrogen and oxygen atoms in total. The summed E-state index contributed by atoms with van der Waals surface area (Å²) < 4.78 is 0. The third-order valence-corrected chi connectivity index (χ3v) is 5.71. The maximum Gasteiger partial charge on any atom is -0.00553 e. The Bertz CT molecular complexity index is 729. The predicted molar refractivity (Wildman–Crippen MR) is 95.0 cm³/mol. The molecule has 0 aliphatic heterocycles. The van der Waals surface area contributed by atoms with E-state index in [1.165, 1.54) is 36.5 Å². The van der Waals surface area contributed by atoms with E-state index in [-0.39, 0.29) is 0 Å². The monoisotopic (exact) mass is 288 g/mol. The van der Waals surface area contributed by atoms with E-state index in [9.17, 15) is 0 Å². The first-order valence-corrected chi connectivity index (χ1v) is 8.70. The summed E-state index contributed by atoms with van der Waals surface area (Å²) in [4.78, 5) is 0. The van der Waals surface area contributed by atoms with Crippen molar-refractivity contribution in [2.75, 3.05) is 0 Å². The van der Waals surface area contributed by atoms with Gasteiger partial charge in [0.2, 0.25) is 0 Å². The van der Waals surface area contributed by atoms with Crippen LogP contribution in [0, 0.1) is 11.8 Å². The van der Waals surface area contributed by atoms with Crippen LogP contribution in [-0.2, 0) is 0 Å². The summed E-state index contributed by atoms with van der Waals surface area (Å²) in [6.45, 7) is 2.35. The summed E-state index contributed by atoms with van der Waals surface area (Å²) >= 11 is 0. The van der Waals surface area contributed by atoms with Crippen molar-refractivity contribution >= 4 is 10.8 Å². The molecule has 2 aliphatic rings. The first kappa shape index (κ1) is 13.8. The van der Waals surface area contributed by atoms with Crippen molar-refractivity contribution in [1.29, 1.82) is 0 Å². The average molecular weight is 288 g/mol. The van der Waals surface area contributed by atoms with Crippen LogP contribution in [-0.4, -0.2) is 0 Å². The quantitative estimate of drug-likeness (QED) is 0.613. The van der Waals surface area contributed by atoms with E-state index in [1.807, 2.05) is 0 Å². The minimum absolute atomic E-state index is 0.646. The van der Waals surface area contributed by atoms with Crippen LogP contribution >= 0.6 is 0 Å². The Morgan fingerprint density at radius 2 is 1.86 bits per heavy atom. The van der Waals surface area contributed by atoms with Crippen LogP contribution in [0.25, 0.3) is 10.8 Å². The van der Waals surface area contributed by atoms with Gasteiger partial charge in [-0.25, -0.2) is 0 Å². The molecule has 4 rings (SSSR count). The number of allylic oxidation sites excluding steroid dienone is 4. The fraction of sp³-hybridized carbons (Fsp3) is 0.364. The zero-order chi connectivity index (χ0) is 14.9. The molecule has 0 spiro atoms. The summed E-state index contributed by atoms with van der Waals surface area (Å²) in [5, 5.41) is 2.83. The molecule has 112 valence electrons. The summed E-state index contributed by atoms with van der Waals surface area (Å²) in [5.74, 6) is 2.28. The normalized spacial score (nSPS) is 27.5. The van der Waals surface area contributed by atoms with Crippen molar-refractivity contribution in [3.05, 3.63) is 71.8 Å². The fourth-order valence-corrected chi connectivity index (χ4v) is 4.50. The minimum atomic E-state index is 0.646. The van der Waals surface area contributed by atoms with Gasteiger partial charge in [-0.1, -0.05) is 79.6 Å². The van der Waals surface area contributed by atoms with E-state index in [1.54, 1.807) is 11.1 Å². The molecule has 0 heteroatoms. The van der Waals surface area contributed by atoms with Gasteiger partial charge in [0, 0.05) is 0 Å². The number of hydrogen-bond donors (Lipinski definition) is 0. The summed E-state index contributed by atoms with van der Waals surface area (Å²) in [7, 11) is 0. The van der Waals surface area contributed by atoms with Gasteiger partial charge in [-0.2, -0.15) is 0 Å². The molecule has 3 unspecified atom stereocenters. The van der Waals surface area contributed by atoms with Crippen molar-refractivity contribution in [1.82, 2.24) is 0 Å². The Hall–Kier alpha value is -1.82. The molecule has 22 heavy (non-hydrogen) atoms. The molecule has 0 bridgehead atoms. The highest BCUT2D eigenvalue weighted by Gasteiger charge is 2.35. The lowest BCUT2D eigenvalue weighted by atomic mass is 9.79. The number of hydrogen-bond acceptors (Lipinski definition) is 0. The highest BCUT2D eigenvalue weighted by atomic mass is 14.4. The molecule has 0 amide bonds. The lowest BCUT2D eigenvalue weighted by molar-refractivity contribution is 0.435. The topological polar surface area (TPSA) is 0 Å². The van der Waals surface area contributed by atoms with Crippen LogP contribution in [0.4, 0.5) is 0 Å². The van der Waals surface area contributed by atoms with Crippen LogP contribution in [0.15, 0.2) is 66.3 Å². The standard InChI is InChI=1S/C22H24/c1-2-16-14-18-9-4-6-12-21(22(18)15-16)20-13-7-10-17-8-3-5-11-19(17)20/h3-11,13,16,21-22H,2,12,14-15H2,1H3. The highest BCUT2D eigenvalue weighted by molar-refractivity contribution is 5.86. The second kappa shape index (κ2) is 5.76. The third kappa shape index (κ3) is 2.31. The Balaban J connectivity index is 1.80. The molecule has 2 aromatic rings. The van der Waals surface area contributed by atoms with Crippen molar-refractivity contribution in [2.24, 2.45) is 11.8 Å². The van der Waals surface area contributed by atoms with Gasteiger partial charge in [0.25, 0.3) is 0 Å². The molecule has 1 fully saturated rings. The molecular weight excluding hydrogens is 264 g/mol. The lowest BCUT2D eigenvalue weighted by Crippen LogP contribution is -2.11. The second-order valence-electron chi connectivity index (χ2n) is 6.90. The number of benzene rings is 2. The van der Waals surface area contributed by atoms with E-state index in [2.05, 4.69) is 67.6 Å². The largest absolute Gasteiger partial charge is 0.0839 e. The van der Waals surface area contributed by atoms with Crippen molar-refractivity contribution in [3.63, 3.8) is 0 Å². The van der Waals surface area contributed by atoms with Gasteiger partial charge in [0.15, 0.2) is 0 Å². The van der Waals surface area contributed by atoms with Gasteiger partial charge in [-0.05, 0) is 53.4 Å². The zero-order valence-corrected chi connectivity index (χ0v) is 13.3. The Morgan fingerprint density at radius 1 is 1.00 bits per heavy atom. The maximum absolute atomic E-state index is 2.41. The third-order valence-electron chi connectivity index (χ3n) is 5.71. The van der Waals surface area contributed by atoms with Gasteiger partial charge >= 0.3 is 0 Å². The highest BCUT2D eigenvalue weighted by Crippen LogP contribution is 2.48. The first-order valence-electron chi connectivity index (χ1n) is 8.70. The van der Waals surface area contributed by atoms with E-state index in [4.69, 9.17) is 0 Å². The van der Waals surface area contributed by atoms with Crippen molar-refractivity contribution in [3.8, 4) is 0 Å². The molecular formula is C22H24. The molecule has 2 aliphatic carbocycles. The molecule has 3 atom stereocenters. The maximum atomic E-state index is 2.41. The van der Waals surface area contributed by atoms with Crippen molar-refractivity contribution in [2.45, 2.75) is 38.5 Å². The zero-order valence-electron chi connectivity index (χ0n) is 13.3. The Morgan fingerprint density at radius 3 is 2.77 bits per heavy atom. The first-order chi connectivity index (χ1) is 10.9. The molecule has 0 N–H and O–H groups in total. The predicted octanol–water partition coefficient (Wildman–Crippen LogP) is 6.25. The van der Waals surface area contributed by atoms with Gasteiger partial charge in [0.05, 0.1) is 0 Å². The van der Waals surface area contributed by atoms with Gasteiger partial charge in [-0.15, -0.1) is 0 Å². The average Bonchev–Trinajstić information content (AvgIpc) is 2.88. The van der Waals surface area contributed by atoms with Gasteiger partial charge < -0.3 is 0 Å². The van der Waals surface area contributed by atoms with E-state index in [0.717, 1.165) is 11.8 Å². The fourth-order valence-electron chi connectivity index (χ4n) is 4.50. The summed E-state index contributed by atoms with van der Waals surface area (Å²) in [5.41, 5.74) is 3.25. The van der Waals surface area contributed by atoms with Crippen LogP contribution in [0.1, 0.15) is 44.1 Å². The Kier molecular flexibility index (Phi) is 3.62. The van der Waals surface area contributed by atoms with Crippen LogP contribution < -0.4 is 0 Å². The molecule has 1 saturated carbocycles. The van der Waals surface area contributed by atoms with E-state index >= 15 is 0 Å². The summed E-state index contributed by atoms with van der Waals surface area (Å²) in [6, 6.07) is 15.7. The van der Waals surface area contributed by atoms with Crippen LogP contribution in [0.5, 0.6) is 0 Å². The minimum Gasteiger partial charge on any atom is -0.0839 e. The molecule has 0 aromatic heterocycles. The SMILES string of the molecule is CCC1CC2=CC=CCC(c3cccc4ccccc34)C2C1. The van der Waals surface area contributed by atoms with E-state index < -0.39 is 0 Å². The molecule has 0 heterocycles. The second-order valence-corrected chi connectivity index (χ2v) is 6.90. The van der Waals surface area contributed by atoms with Crippen LogP contribution in [0.3, 0.4) is 0 Å². The van der Waals surface area contributed by atoms with Gasteiger partial charge in [-0.3, -0.25) is 0 Å².